The zero-order valence-electron chi connectivity index (χ0n) is 14.4. The summed E-state index contributed by atoms with van der Waals surface area (Å²) in [6.07, 6.45) is 3.29. The van der Waals surface area contributed by atoms with E-state index in [0.717, 1.165) is 0 Å². The maximum absolute atomic E-state index is 13.1. The van der Waals surface area contributed by atoms with Crippen molar-refractivity contribution in [3.8, 4) is 0 Å². The van der Waals surface area contributed by atoms with Gasteiger partial charge in [-0.05, 0) is 31.9 Å². The average Bonchev–Trinajstić information content (AvgIpc) is 3.01. The Morgan fingerprint density at radius 2 is 1.88 bits per heavy atom. The molecule has 0 saturated heterocycles. The van der Waals surface area contributed by atoms with Crippen LogP contribution in [0.3, 0.4) is 0 Å². The third kappa shape index (κ3) is 3.84. The van der Waals surface area contributed by atoms with E-state index in [1.54, 1.807) is 17.1 Å². The molecule has 1 heterocycles. The molecule has 0 atom stereocenters. The Kier molecular flexibility index (Phi) is 5.43. The maximum atomic E-state index is 13.1. The number of nitrogens with zero attached hydrogens (tertiary/aromatic N) is 3. The van der Waals surface area contributed by atoms with E-state index >= 15 is 0 Å². The predicted molar refractivity (Wildman–Crippen MR) is 93.7 cm³/mol. The summed E-state index contributed by atoms with van der Waals surface area (Å²) in [5.74, 6) is 0.0588. The molecule has 0 spiro atoms. The predicted octanol–water partition coefficient (Wildman–Crippen LogP) is 2.96. The molecular weight excluding hydrogens is 326 g/mol. The van der Waals surface area contributed by atoms with Crippen molar-refractivity contribution in [2.45, 2.75) is 39.1 Å². The number of hydrogen-bond donors (Lipinski definition) is 0. The second-order valence-electron chi connectivity index (χ2n) is 6.06. The van der Waals surface area contributed by atoms with Crippen LogP contribution >= 0.6 is 0 Å². The molecule has 0 saturated carbocycles. The van der Waals surface area contributed by atoms with Crippen molar-refractivity contribution < 1.29 is 13.2 Å². The van der Waals surface area contributed by atoms with Crippen molar-refractivity contribution in [3.63, 3.8) is 0 Å². The highest BCUT2D eigenvalue weighted by Gasteiger charge is 2.26. The number of rotatable bonds is 7. The van der Waals surface area contributed by atoms with Crippen LogP contribution in [-0.4, -0.2) is 30.5 Å². The summed E-state index contributed by atoms with van der Waals surface area (Å²) in [5.41, 5.74) is 1.03. The van der Waals surface area contributed by atoms with Crippen LogP contribution in [0.25, 0.3) is 0 Å². The molecule has 7 heteroatoms. The zero-order valence-corrected chi connectivity index (χ0v) is 15.2. The molecule has 2 rings (SSSR count). The number of carbonyl (C=O) groups is 1. The molecule has 130 valence electrons. The van der Waals surface area contributed by atoms with E-state index in [0.29, 0.717) is 24.3 Å². The highest BCUT2D eigenvalue weighted by Crippen LogP contribution is 2.25. The van der Waals surface area contributed by atoms with Gasteiger partial charge in [-0.25, -0.2) is 8.42 Å². The standard InChI is InChI=1S/C17H23N3O3S/c1-5-19-12-16(10-18-19)20(11-13(2)3)24(22,23)17-8-6-15(7-9-17)14(4)21/h6-10,12-13H,5,11H2,1-4H3. The molecule has 2 aromatic rings. The molecular formula is C17H23N3O3S. The van der Waals surface area contributed by atoms with Crippen molar-refractivity contribution in [1.82, 2.24) is 9.78 Å². The molecule has 1 aromatic heterocycles. The Morgan fingerprint density at radius 1 is 1.25 bits per heavy atom. The van der Waals surface area contributed by atoms with E-state index in [4.69, 9.17) is 0 Å². The topological polar surface area (TPSA) is 72.3 Å². The minimum Gasteiger partial charge on any atom is -0.295 e. The van der Waals surface area contributed by atoms with Crippen molar-refractivity contribution >= 4 is 21.5 Å². The van der Waals surface area contributed by atoms with Crippen LogP contribution in [0.1, 0.15) is 38.1 Å². The number of sulfonamides is 1. The summed E-state index contributed by atoms with van der Waals surface area (Å²) in [5, 5.41) is 4.17. The lowest BCUT2D eigenvalue weighted by Crippen LogP contribution is -2.34. The van der Waals surface area contributed by atoms with Crippen molar-refractivity contribution in [2.75, 3.05) is 10.8 Å². The summed E-state index contributed by atoms with van der Waals surface area (Å²) in [4.78, 5) is 11.5. The number of ketones is 1. The summed E-state index contributed by atoms with van der Waals surface area (Å²) in [6, 6.07) is 6.03. The summed E-state index contributed by atoms with van der Waals surface area (Å²) in [7, 11) is -3.72. The van der Waals surface area contributed by atoms with Gasteiger partial charge in [0.1, 0.15) is 0 Å². The number of benzene rings is 1. The van der Waals surface area contributed by atoms with Crippen LogP contribution in [0.15, 0.2) is 41.6 Å². The summed E-state index contributed by atoms with van der Waals surface area (Å²) < 4.78 is 29.2. The highest BCUT2D eigenvalue weighted by molar-refractivity contribution is 7.92. The Balaban J connectivity index is 2.44. The second-order valence-corrected chi connectivity index (χ2v) is 7.93. The Labute approximate surface area is 143 Å². The molecule has 0 radical (unpaired) electrons. The van der Waals surface area contributed by atoms with Gasteiger partial charge in [-0.3, -0.25) is 13.8 Å². The first-order valence-corrected chi connectivity index (χ1v) is 9.36. The van der Waals surface area contributed by atoms with Gasteiger partial charge in [-0.2, -0.15) is 5.10 Å². The van der Waals surface area contributed by atoms with Gasteiger partial charge < -0.3 is 0 Å². The summed E-state index contributed by atoms with van der Waals surface area (Å²) >= 11 is 0. The van der Waals surface area contributed by atoms with Gasteiger partial charge in [0.15, 0.2) is 5.78 Å². The number of Topliss-reactive ketones (excluding diaryl/α,β-unsaturated/α-hetero) is 1. The van der Waals surface area contributed by atoms with E-state index < -0.39 is 10.0 Å². The number of anilines is 1. The normalized spacial score (nSPS) is 11.7. The Hall–Kier alpha value is -2.15. The summed E-state index contributed by atoms with van der Waals surface area (Å²) in [6.45, 7) is 8.35. The quantitative estimate of drug-likeness (QED) is 0.721. The molecule has 0 fully saturated rings. The molecule has 1 aromatic carbocycles. The molecule has 24 heavy (non-hydrogen) atoms. The Bertz CT molecular complexity index is 808. The van der Waals surface area contributed by atoms with E-state index in [-0.39, 0.29) is 16.6 Å². The molecule has 0 aliphatic heterocycles. The zero-order chi connectivity index (χ0) is 17.9. The Morgan fingerprint density at radius 3 is 2.33 bits per heavy atom. The number of aromatic nitrogens is 2. The fraction of sp³-hybridized carbons (Fsp3) is 0.412. The van der Waals surface area contributed by atoms with Crippen molar-refractivity contribution in [1.29, 1.82) is 0 Å². The number of aryl methyl sites for hydroxylation is 1. The van der Waals surface area contributed by atoms with Gasteiger partial charge in [-0.1, -0.05) is 26.0 Å². The van der Waals surface area contributed by atoms with Crippen LogP contribution in [0.2, 0.25) is 0 Å². The van der Waals surface area contributed by atoms with Gasteiger partial charge in [0.25, 0.3) is 10.0 Å². The largest absolute Gasteiger partial charge is 0.295 e. The molecule has 0 aliphatic carbocycles. The molecule has 0 amide bonds. The third-order valence-electron chi connectivity index (χ3n) is 3.61. The minimum absolute atomic E-state index is 0.0952. The van der Waals surface area contributed by atoms with E-state index in [2.05, 4.69) is 5.10 Å². The lowest BCUT2D eigenvalue weighted by molar-refractivity contribution is 0.101. The highest BCUT2D eigenvalue weighted by atomic mass is 32.2. The van der Waals surface area contributed by atoms with E-state index in [1.165, 1.54) is 35.5 Å². The maximum Gasteiger partial charge on any atom is 0.264 e. The minimum atomic E-state index is -3.72. The first kappa shape index (κ1) is 18.2. The van der Waals surface area contributed by atoms with Crippen molar-refractivity contribution in [3.05, 3.63) is 42.2 Å². The molecule has 0 bridgehead atoms. The SMILES string of the molecule is CCn1cc(N(CC(C)C)S(=O)(=O)c2ccc(C(C)=O)cc2)cn1. The fourth-order valence-electron chi connectivity index (χ4n) is 2.32. The van der Waals surface area contributed by atoms with Crippen LogP contribution in [0.5, 0.6) is 0 Å². The van der Waals surface area contributed by atoms with Gasteiger partial charge >= 0.3 is 0 Å². The van der Waals surface area contributed by atoms with Gasteiger partial charge in [-0.15, -0.1) is 0 Å². The molecule has 0 unspecified atom stereocenters. The molecule has 0 aliphatic rings. The van der Waals surface area contributed by atoms with Crippen LogP contribution in [0, 0.1) is 5.92 Å². The second kappa shape index (κ2) is 7.17. The third-order valence-corrected chi connectivity index (χ3v) is 5.42. The number of hydrogen-bond acceptors (Lipinski definition) is 4. The van der Waals surface area contributed by atoms with Crippen molar-refractivity contribution in [2.24, 2.45) is 5.92 Å². The van der Waals surface area contributed by atoms with Crippen LogP contribution < -0.4 is 4.31 Å². The van der Waals surface area contributed by atoms with E-state index in [9.17, 15) is 13.2 Å². The smallest absolute Gasteiger partial charge is 0.264 e. The number of carbonyl (C=O) groups excluding carboxylic acids is 1. The average molecular weight is 349 g/mol. The van der Waals surface area contributed by atoms with Crippen LogP contribution in [-0.2, 0) is 16.6 Å². The first-order valence-electron chi connectivity index (χ1n) is 7.92. The first-order chi connectivity index (χ1) is 11.3. The monoisotopic (exact) mass is 349 g/mol. The van der Waals surface area contributed by atoms with Gasteiger partial charge in [0.2, 0.25) is 0 Å². The molecule has 6 nitrogen and oxygen atoms in total. The van der Waals surface area contributed by atoms with E-state index in [1.807, 2.05) is 20.8 Å². The molecule has 0 N–H and O–H groups in total. The van der Waals surface area contributed by atoms with Crippen LogP contribution in [0.4, 0.5) is 5.69 Å². The van der Waals surface area contributed by atoms with Gasteiger partial charge in [0.05, 0.1) is 16.8 Å². The lowest BCUT2D eigenvalue weighted by Gasteiger charge is -2.24. The van der Waals surface area contributed by atoms with Gasteiger partial charge in [0, 0.05) is 24.8 Å². The fourth-order valence-corrected chi connectivity index (χ4v) is 3.92. The lowest BCUT2D eigenvalue weighted by atomic mass is 10.2.